The number of carbonyl (C=O) groups excluding carboxylic acids is 2. The first kappa shape index (κ1) is 50.0. The van der Waals surface area contributed by atoms with Gasteiger partial charge in [-0.05, 0) is 12.8 Å². The molecule has 0 aromatic rings. The third-order valence-corrected chi connectivity index (χ3v) is 10.3. The first-order chi connectivity index (χ1) is 24.5. The number of carbonyl (C=O) groups is 2. The number of quaternary nitrogens is 1. The lowest BCUT2D eigenvalue weighted by atomic mass is 10.0. The fourth-order valence-corrected chi connectivity index (χ4v) is 6.74. The molecule has 9 nitrogen and oxygen atoms in total. The van der Waals surface area contributed by atoms with Crippen LogP contribution in [0.2, 0.25) is 0 Å². The summed E-state index contributed by atoms with van der Waals surface area (Å²) in [6.07, 6.45) is 32.6. The summed E-state index contributed by atoms with van der Waals surface area (Å²) in [4.78, 5) is 37.4. The van der Waals surface area contributed by atoms with Crippen molar-refractivity contribution in [3.05, 3.63) is 0 Å². The van der Waals surface area contributed by atoms with Gasteiger partial charge in [0.2, 0.25) is 0 Å². The van der Waals surface area contributed by atoms with Crippen LogP contribution in [0.5, 0.6) is 0 Å². The Morgan fingerprint density at radius 3 is 1.25 bits per heavy atom. The summed E-state index contributed by atoms with van der Waals surface area (Å²) in [5, 5.41) is 0. The molecule has 0 spiro atoms. The average Bonchev–Trinajstić information content (AvgIpc) is 3.07. The van der Waals surface area contributed by atoms with Crippen molar-refractivity contribution in [1.82, 2.24) is 0 Å². The molecular formula is C41H82NO8P. The molecule has 0 amide bonds. The van der Waals surface area contributed by atoms with E-state index in [2.05, 4.69) is 13.8 Å². The predicted octanol–water partition coefficient (Wildman–Crippen LogP) is 11.0. The van der Waals surface area contributed by atoms with E-state index in [9.17, 15) is 19.0 Å². The summed E-state index contributed by atoms with van der Waals surface area (Å²) in [6, 6.07) is 0. The van der Waals surface area contributed by atoms with Crippen LogP contribution in [0.3, 0.4) is 0 Å². The summed E-state index contributed by atoms with van der Waals surface area (Å²) in [5.41, 5.74) is 0. The maximum Gasteiger partial charge on any atom is 0.306 e. The monoisotopic (exact) mass is 748 g/mol. The smallest absolute Gasteiger partial charge is 0.306 e. The lowest BCUT2D eigenvalue weighted by molar-refractivity contribution is -0.870. The van der Waals surface area contributed by atoms with Crippen LogP contribution in [0, 0.1) is 0 Å². The molecule has 2 atom stereocenters. The van der Waals surface area contributed by atoms with Crippen LogP contribution in [-0.2, 0) is 32.7 Å². The Hall–Kier alpha value is -0.990. The highest BCUT2D eigenvalue weighted by Crippen LogP contribution is 2.38. The van der Waals surface area contributed by atoms with Crippen molar-refractivity contribution in [1.29, 1.82) is 0 Å². The number of nitrogens with zero attached hydrogens (tertiary/aromatic N) is 1. The Morgan fingerprint density at radius 1 is 0.529 bits per heavy atom. The van der Waals surface area contributed by atoms with Crippen LogP contribution in [0.25, 0.3) is 0 Å². The molecular weight excluding hydrogens is 665 g/mol. The van der Waals surface area contributed by atoms with Crippen LogP contribution in [0.1, 0.15) is 200 Å². The molecule has 0 fully saturated rings. The second kappa shape index (κ2) is 34.8. The highest BCUT2D eigenvalue weighted by molar-refractivity contribution is 7.45. The Balaban J connectivity index is 4.34. The maximum absolute atomic E-state index is 12.6. The van der Waals surface area contributed by atoms with E-state index in [-0.39, 0.29) is 32.0 Å². The number of phosphoric acid groups is 1. The van der Waals surface area contributed by atoms with Crippen molar-refractivity contribution < 1.29 is 42.1 Å². The van der Waals surface area contributed by atoms with Crippen molar-refractivity contribution in [2.45, 2.75) is 206 Å². The normalized spacial score (nSPS) is 13.6. The third kappa shape index (κ3) is 38.5. The van der Waals surface area contributed by atoms with Crippen LogP contribution < -0.4 is 4.89 Å². The molecule has 0 saturated heterocycles. The van der Waals surface area contributed by atoms with Crippen LogP contribution >= 0.6 is 7.82 Å². The van der Waals surface area contributed by atoms with Gasteiger partial charge in [0.1, 0.15) is 19.8 Å². The molecule has 0 aliphatic carbocycles. The summed E-state index contributed by atoms with van der Waals surface area (Å²) in [6.45, 7) is 4.25. The fourth-order valence-electron chi connectivity index (χ4n) is 6.01. The number of likely N-dealkylation sites (N-methyl/N-ethyl adjacent to an activating group) is 1. The molecule has 0 bridgehead atoms. The molecule has 0 rings (SSSR count). The summed E-state index contributed by atoms with van der Waals surface area (Å²) in [5.74, 6) is -0.822. The highest BCUT2D eigenvalue weighted by Gasteiger charge is 2.21. The standard InChI is InChI=1S/C41H82NO8P/c1-6-8-10-12-14-16-18-20-21-22-24-26-28-30-32-34-41(44)50-39(38-49-51(45,46)48-36-35-42(3,4)5)37-47-40(43)33-31-29-27-25-23-19-17-15-13-11-9-7-2/h39H,6-38H2,1-5H3/t39-/m1/s1. The van der Waals surface area contributed by atoms with Crippen molar-refractivity contribution >= 4 is 19.8 Å². The van der Waals surface area contributed by atoms with Gasteiger partial charge < -0.3 is 27.9 Å². The molecule has 0 aliphatic rings. The minimum Gasteiger partial charge on any atom is -0.756 e. The van der Waals surface area contributed by atoms with Crippen molar-refractivity contribution in [3.63, 3.8) is 0 Å². The number of unbranched alkanes of at least 4 members (excludes halogenated alkanes) is 25. The lowest BCUT2D eigenvalue weighted by Gasteiger charge is -2.28. The third-order valence-electron chi connectivity index (χ3n) is 9.38. The SMILES string of the molecule is CCCCCCCCCCCCCCCCCC(=O)O[C@H](COC(=O)CCCCCCCCCCCCCC)COP(=O)([O-])OCC[N+](C)(C)C. The molecule has 0 aromatic carbocycles. The Bertz CT molecular complexity index is 850. The summed E-state index contributed by atoms with van der Waals surface area (Å²) < 4.78 is 33.8. The van der Waals surface area contributed by atoms with Gasteiger partial charge in [-0.3, -0.25) is 14.2 Å². The van der Waals surface area contributed by atoms with Crippen molar-refractivity contribution in [3.8, 4) is 0 Å². The quantitative estimate of drug-likeness (QED) is 0.0264. The summed E-state index contributed by atoms with van der Waals surface area (Å²) >= 11 is 0. The van der Waals surface area contributed by atoms with Gasteiger partial charge in [0.25, 0.3) is 7.82 Å². The molecule has 10 heteroatoms. The average molecular weight is 748 g/mol. The number of hydrogen-bond acceptors (Lipinski definition) is 8. The molecule has 0 aliphatic heterocycles. The second-order valence-electron chi connectivity index (χ2n) is 15.7. The molecule has 51 heavy (non-hydrogen) atoms. The zero-order valence-corrected chi connectivity index (χ0v) is 35.0. The molecule has 0 saturated carbocycles. The van der Waals surface area contributed by atoms with E-state index in [1.165, 1.54) is 135 Å². The molecule has 1 unspecified atom stereocenters. The Labute approximate surface area is 314 Å². The molecule has 0 radical (unpaired) electrons. The van der Waals surface area contributed by atoms with Gasteiger partial charge in [-0.25, -0.2) is 0 Å². The topological polar surface area (TPSA) is 111 Å². The number of rotatable bonds is 39. The zero-order valence-electron chi connectivity index (χ0n) is 34.1. The lowest BCUT2D eigenvalue weighted by Crippen LogP contribution is -2.37. The highest BCUT2D eigenvalue weighted by atomic mass is 31.2. The minimum absolute atomic E-state index is 0.0258. The number of ether oxygens (including phenoxy) is 2. The van der Waals surface area contributed by atoms with E-state index < -0.39 is 26.5 Å². The van der Waals surface area contributed by atoms with E-state index in [4.69, 9.17) is 18.5 Å². The largest absolute Gasteiger partial charge is 0.756 e. The van der Waals surface area contributed by atoms with E-state index in [1.807, 2.05) is 21.1 Å². The minimum atomic E-state index is -4.61. The molecule has 0 heterocycles. The number of esters is 2. The van der Waals surface area contributed by atoms with Crippen LogP contribution in [0.15, 0.2) is 0 Å². The van der Waals surface area contributed by atoms with Crippen LogP contribution in [-0.4, -0.2) is 70.0 Å². The van der Waals surface area contributed by atoms with E-state index in [1.54, 1.807) is 0 Å². The second-order valence-corrected chi connectivity index (χ2v) is 17.1. The fraction of sp³-hybridized carbons (Fsp3) is 0.951. The molecule has 304 valence electrons. The number of phosphoric ester groups is 1. The van der Waals surface area contributed by atoms with Crippen LogP contribution in [0.4, 0.5) is 0 Å². The maximum atomic E-state index is 12.6. The van der Waals surface area contributed by atoms with Gasteiger partial charge in [0, 0.05) is 12.8 Å². The van der Waals surface area contributed by atoms with Gasteiger partial charge >= 0.3 is 11.9 Å². The Kier molecular flexibility index (Phi) is 34.1. The van der Waals surface area contributed by atoms with E-state index in [0.29, 0.717) is 17.4 Å². The number of hydrogen-bond donors (Lipinski definition) is 0. The first-order valence-corrected chi connectivity index (χ1v) is 22.7. The van der Waals surface area contributed by atoms with Crippen molar-refractivity contribution in [2.24, 2.45) is 0 Å². The molecule has 0 aromatic heterocycles. The first-order valence-electron chi connectivity index (χ1n) is 21.2. The van der Waals surface area contributed by atoms with Crippen molar-refractivity contribution in [2.75, 3.05) is 47.5 Å². The van der Waals surface area contributed by atoms with E-state index in [0.717, 1.165) is 32.1 Å². The predicted molar refractivity (Wildman–Crippen MR) is 208 cm³/mol. The molecule has 0 N–H and O–H groups in total. The van der Waals surface area contributed by atoms with Gasteiger partial charge in [-0.1, -0.05) is 174 Å². The summed E-state index contributed by atoms with van der Waals surface area (Å²) in [7, 11) is 1.18. The Morgan fingerprint density at radius 2 is 0.882 bits per heavy atom. The zero-order chi connectivity index (χ0) is 37.9. The van der Waals surface area contributed by atoms with E-state index >= 15 is 0 Å². The van der Waals surface area contributed by atoms with Gasteiger partial charge in [0.05, 0.1) is 27.7 Å². The van der Waals surface area contributed by atoms with Gasteiger partial charge in [0.15, 0.2) is 6.10 Å². The van der Waals surface area contributed by atoms with Gasteiger partial charge in [-0.15, -0.1) is 0 Å². The van der Waals surface area contributed by atoms with Gasteiger partial charge in [-0.2, -0.15) is 0 Å².